The van der Waals surface area contributed by atoms with Gasteiger partial charge in [-0.1, -0.05) is 6.92 Å². The first-order valence-corrected chi connectivity index (χ1v) is 7.83. The molecule has 1 aliphatic carbocycles. The molecule has 1 fully saturated rings. The molecule has 1 unspecified atom stereocenters. The van der Waals surface area contributed by atoms with Gasteiger partial charge in [-0.3, -0.25) is 4.21 Å². The standard InChI is InChI=1S/C13H27NOS/c1-11-5-7-12(8-6-11)14-9-10-16(15)13(2,3)4/h11-12,14H,5-10H2,1-4H3. The summed E-state index contributed by atoms with van der Waals surface area (Å²) in [7, 11) is -0.711. The van der Waals surface area contributed by atoms with Crippen molar-refractivity contribution >= 4 is 10.8 Å². The van der Waals surface area contributed by atoms with E-state index in [1.54, 1.807) is 0 Å². The number of hydrogen-bond acceptors (Lipinski definition) is 2. The van der Waals surface area contributed by atoms with E-state index in [1.807, 2.05) is 20.8 Å². The van der Waals surface area contributed by atoms with E-state index in [0.717, 1.165) is 18.2 Å². The molecule has 0 amide bonds. The second kappa shape index (κ2) is 6.15. The van der Waals surface area contributed by atoms with Crippen LogP contribution in [0.25, 0.3) is 0 Å². The first-order valence-electron chi connectivity index (χ1n) is 6.51. The summed E-state index contributed by atoms with van der Waals surface area (Å²) in [5.41, 5.74) is 0. The number of rotatable bonds is 4. The molecule has 1 N–H and O–H groups in total. The monoisotopic (exact) mass is 245 g/mol. The van der Waals surface area contributed by atoms with Gasteiger partial charge >= 0.3 is 0 Å². The molecule has 0 radical (unpaired) electrons. The van der Waals surface area contributed by atoms with Gasteiger partial charge in [-0.2, -0.15) is 0 Å². The van der Waals surface area contributed by atoms with Gasteiger partial charge in [0.15, 0.2) is 0 Å². The minimum Gasteiger partial charge on any atom is -0.313 e. The van der Waals surface area contributed by atoms with Crippen LogP contribution in [0, 0.1) is 5.92 Å². The fraction of sp³-hybridized carbons (Fsp3) is 1.00. The van der Waals surface area contributed by atoms with E-state index in [0.29, 0.717) is 6.04 Å². The van der Waals surface area contributed by atoms with E-state index in [1.165, 1.54) is 25.7 Å². The van der Waals surface area contributed by atoms with E-state index in [4.69, 9.17) is 0 Å². The Morgan fingerprint density at radius 2 is 1.75 bits per heavy atom. The molecule has 0 aromatic carbocycles. The Morgan fingerprint density at radius 3 is 2.25 bits per heavy atom. The van der Waals surface area contributed by atoms with E-state index in [2.05, 4.69) is 12.2 Å². The summed E-state index contributed by atoms with van der Waals surface area (Å²) >= 11 is 0. The predicted molar refractivity (Wildman–Crippen MR) is 72.2 cm³/mol. The molecule has 0 aromatic rings. The highest BCUT2D eigenvalue weighted by atomic mass is 32.2. The second-order valence-corrected chi connectivity index (χ2v) is 8.40. The normalized spacial score (nSPS) is 29.0. The Kier molecular flexibility index (Phi) is 5.45. The zero-order valence-corrected chi connectivity index (χ0v) is 12.0. The van der Waals surface area contributed by atoms with Gasteiger partial charge in [0, 0.05) is 33.9 Å². The molecule has 96 valence electrons. The highest BCUT2D eigenvalue weighted by Gasteiger charge is 2.20. The first-order chi connectivity index (χ1) is 7.39. The molecular formula is C13H27NOS. The second-order valence-electron chi connectivity index (χ2n) is 6.07. The molecule has 16 heavy (non-hydrogen) atoms. The van der Waals surface area contributed by atoms with Crippen LogP contribution in [0.2, 0.25) is 0 Å². The molecule has 1 rings (SSSR count). The van der Waals surface area contributed by atoms with Crippen LogP contribution in [-0.4, -0.2) is 27.3 Å². The lowest BCUT2D eigenvalue weighted by atomic mass is 9.87. The summed E-state index contributed by atoms with van der Waals surface area (Å²) in [6.45, 7) is 9.38. The van der Waals surface area contributed by atoms with E-state index < -0.39 is 10.8 Å². The Labute approximate surface area is 103 Å². The Balaban J connectivity index is 2.14. The Hall–Kier alpha value is 0.110. The van der Waals surface area contributed by atoms with Crippen LogP contribution in [0.5, 0.6) is 0 Å². The Bertz CT molecular complexity index is 227. The minimum atomic E-state index is -0.711. The molecule has 3 heteroatoms. The lowest BCUT2D eigenvalue weighted by molar-refractivity contribution is 0.311. The molecule has 2 nitrogen and oxygen atoms in total. The van der Waals surface area contributed by atoms with Gasteiger partial charge < -0.3 is 5.32 Å². The summed E-state index contributed by atoms with van der Waals surface area (Å²) in [4.78, 5) is 0. The zero-order chi connectivity index (χ0) is 12.2. The predicted octanol–water partition coefficient (Wildman–Crippen LogP) is 2.70. The third-order valence-corrected chi connectivity index (χ3v) is 5.36. The quantitative estimate of drug-likeness (QED) is 0.825. The van der Waals surface area contributed by atoms with Crippen molar-refractivity contribution in [3.8, 4) is 0 Å². The van der Waals surface area contributed by atoms with Crippen molar-refractivity contribution in [3.05, 3.63) is 0 Å². The fourth-order valence-corrected chi connectivity index (χ4v) is 3.04. The van der Waals surface area contributed by atoms with E-state index >= 15 is 0 Å². The molecule has 0 heterocycles. The maximum atomic E-state index is 11.8. The Morgan fingerprint density at radius 1 is 1.19 bits per heavy atom. The van der Waals surface area contributed by atoms with Crippen LogP contribution in [-0.2, 0) is 10.8 Å². The van der Waals surface area contributed by atoms with Crippen LogP contribution in [0.4, 0.5) is 0 Å². The van der Waals surface area contributed by atoms with Crippen LogP contribution < -0.4 is 5.32 Å². The number of hydrogen-bond donors (Lipinski definition) is 1. The highest BCUT2D eigenvalue weighted by molar-refractivity contribution is 7.86. The van der Waals surface area contributed by atoms with Crippen molar-refractivity contribution < 1.29 is 4.21 Å². The summed E-state index contributed by atoms with van der Waals surface area (Å²) < 4.78 is 11.8. The van der Waals surface area contributed by atoms with Crippen molar-refractivity contribution in [3.63, 3.8) is 0 Å². The van der Waals surface area contributed by atoms with Crippen molar-refractivity contribution in [2.75, 3.05) is 12.3 Å². The molecule has 0 saturated heterocycles. The van der Waals surface area contributed by atoms with Crippen LogP contribution in [0.3, 0.4) is 0 Å². The van der Waals surface area contributed by atoms with Gasteiger partial charge in [-0.15, -0.1) is 0 Å². The maximum Gasteiger partial charge on any atom is 0.0375 e. The van der Waals surface area contributed by atoms with E-state index in [9.17, 15) is 4.21 Å². The van der Waals surface area contributed by atoms with Crippen molar-refractivity contribution in [2.24, 2.45) is 5.92 Å². The smallest absolute Gasteiger partial charge is 0.0375 e. The fourth-order valence-electron chi connectivity index (χ4n) is 2.13. The average Bonchev–Trinajstić information content (AvgIpc) is 2.19. The third kappa shape index (κ3) is 4.96. The molecule has 1 atom stereocenters. The summed E-state index contributed by atoms with van der Waals surface area (Å²) in [5.74, 6) is 1.69. The van der Waals surface area contributed by atoms with Crippen molar-refractivity contribution in [1.29, 1.82) is 0 Å². The lowest BCUT2D eigenvalue weighted by Gasteiger charge is -2.27. The minimum absolute atomic E-state index is 0.0667. The lowest BCUT2D eigenvalue weighted by Crippen LogP contribution is -2.37. The molecule has 0 spiro atoms. The first kappa shape index (κ1) is 14.2. The summed E-state index contributed by atoms with van der Waals surface area (Å²) in [6.07, 6.45) is 5.28. The van der Waals surface area contributed by atoms with Crippen LogP contribution in [0.1, 0.15) is 53.4 Å². The molecule has 0 aliphatic heterocycles. The molecule has 0 aromatic heterocycles. The molecule has 1 aliphatic rings. The van der Waals surface area contributed by atoms with Crippen molar-refractivity contribution in [2.45, 2.75) is 64.2 Å². The third-order valence-electron chi connectivity index (χ3n) is 3.42. The van der Waals surface area contributed by atoms with Crippen molar-refractivity contribution in [1.82, 2.24) is 5.32 Å². The topological polar surface area (TPSA) is 29.1 Å². The van der Waals surface area contributed by atoms with Gasteiger partial charge in [0.25, 0.3) is 0 Å². The van der Waals surface area contributed by atoms with Gasteiger partial charge in [0.1, 0.15) is 0 Å². The average molecular weight is 245 g/mol. The zero-order valence-electron chi connectivity index (χ0n) is 11.2. The van der Waals surface area contributed by atoms with Gasteiger partial charge in [0.2, 0.25) is 0 Å². The molecule has 0 bridgehead atoms. The van der Waals surface area contributed by atoms with Gasteiger partial charge in [-0.25, -0.2) is 0 Å². The van der Waals surface area contributed by atoms with Crippen LogP contribution in [0.15, 0.2) is 0 Å². The largest absolute Gasteiger partial charge is 0.313 e. The SMILES string of the molecule is CC1CCC(NCCS(=O)C(C)(C)C)CC1. The molecular weight excluding hydrogens is 218 g/mol. The van der Waals surface area contributed by atoms with E-state index in [-0.39, 0.29) is 4.75 Å². The van der Waals surface area contributed by atoms with Crippen LogP contribution >= 0.6 is 0 Å². The highest BCUT2D eigenvalue weighted by Crippen LogP contribution is 2.23. The molecule has 1 saturated carbocycles. The van der Waals surface area contributed by atoms with Gasteiger partial charge in [0.05, 0.1) is 0 Å². The maximum absolute atomic E-state index is 11.8. The summed E-state index contributed by atoms with van der Waals surface area (Å²) in [6, 6.07) is 0.674. The number of nitrogens with one attached hydrogen (secondary N) is 1. The summed E-state index contributed by atoms with van der Waals surface area (Å²) in [5, 5.41) is 3.55. The van der Waals surface area contributed by atoms with Gasteiger partial charge in [-0.05, 0) is 52.4 Å².